The molecule has 0 atom stereocenters. The number of fused-ring (bicyclic) bond motifs is 2. The monoisotopic (exact) mass is 281 g/mol. The summed E-state index contributed by atoms with van der Waals surface area (Å²) in [5.41, 5.74) is 0.308. The molecule has 6 heteroatoms. The second-order valence-electron chi connectivity index (χ2n) is 5.03. The molecule has 1 aromatic rings. The minimum atomic E-state index is -0.784. The van der Waals surface area contributed by atoms with Crippen LogP contribution in [0, 0.1) is 5.92 Å². The fraction of sp³-hybridized carbons (Fsp3) is 0.462. The number of aliphatic carboxylic acids is 1. The van der Waals surface area contributed by atoms with Crippen molar-refractivity contribution in [2.24, 2.45) is 5.92 Å². The van der Waals surface area contributed by atoms with Crippen LogP contribution in [0.15, 0.2) is 12.1 Å². The summed E-state index contributed by atoms with van der Waals surface area (Å²) in [7, 11) is 0. The second kappa shape index (κ2) is 4.20. The van der Waals surface area contributed by atoms with E-state index >= 15 is 0 Å². The third-order valence-electron chi connectivity index (χ3n) is 3.98. The minimum Gasteiger partial charge on any atom is -0.481 e. The maximum absolute atomic E-state index is 11.8. The first-order valence-electron chi connectivity index (χ1n) is 6.15. The molecule has 2 heterocycles. The summed E-state index contributed by atoms with van der Waals surface area (Å²) in [5.74, 6) is -1.60. The minimum absolute atomic E-state index is 0.256. The molecule has 1 N–H and O–H groups in total. The van der Waals surface area contributed by atoms with Gasteiger partial charge in [0.05, 0.1) is 5.92 Å². The van der Waals surface area contributed by atoms with Crippen LogP contribution >= 0.6 is 11.6 Å². The zero-order valence-electron chi connectivity index (χ0n) is 10.1. The summed E-state index contributed by atoms with van der Waals surface area (Å²) in [6.07, 6.45) is 2.05. The van der Waals surface area contributed by atoms with Gasteiger partial charge in [-0.15, -0.1) is 0 Å². The van der Waals surface area contributed by atoms with E-state index < -0.39 is 17.5 Å². The van der Waals surface area contributed by atoms with Crippen LogP contribution in [-0.4, -0.2) is 22.0 Å². The number of carboxylic acids is 1. The molecule has 0 bridgehead atoms. The highest BCUT2D eigenvalue weighted by molar-refractivity contribution is 6.29. The van der Waals surface area contributed by atoms with E-state index in [0.717, 1.165) is 5.56 Å². The van der Waals surface area contributed by atoms with Crippen LogP contribution < -0.4 is 0 Å². The smallest absolute Gasteiger partial charge is 0.358 e. The lowest BCUT2D eigenvalue weighted by Gasteiger charge is -2.34. The molecule has 1 fully saturated rings. The van der Waals surface area contributed by atoms with Crippen molar-refractivity contribution >= 4 is 23.5 Å². The molecule has 1 spiro atoms. The quantitative estimate of drug-likeness (QED) is 0.632. The molecular formula is C13H12ClNO4. The van der Waals surface area contributed by atoms with Crippen LogP contribution in [0.4, 0.5) is 0 Å². The zero-order valence-corrected chi connectivity index (χ0v) is 10.8. The Labute approximate surface area is 114 Å². The summed E-state index contributed by atoms with van der Waals surface area (Å²) in [6, 6.07) is 3.39. The normalized spacial score (nSPS) is 29.1. The van der Waals surface area contributed by atoms with Gasteiger partial charge in [-0.3, -0.25) is 4.79 Å². The van der Waals surface area contributed by atoms with Crippen LogP contribution in [0.1, 0.15) is 41.7 Å². The standard InChI is InChI=1S/C13H12ClNO4/c14-9-2-1-8-10(15-9)12(18)19-13(8)5-3-7(4-6-13)11(16)17/h1-2,7H,3-6H2,(H,16,17). The Kier molecular flexibility index (Phi) is 2.74. The Morgan fingerprint density at radius 2 is 2.11 bits per heavy atom. The van der Waals surface area contributed by atoms with Crippen LogP contribution in [0.3, 0.4) is 0 Å². The number of ether oxygens (including phenoxy) is 1. The predicted molar refractivity (Wildman–Crippen MR) is 65.9 cm³/mol. The van der Waals surface area contributed by atoms with Gasteiger partial charge in [-0.05, 0) is 37.8 Å². The summed E-state index contributed by atoms with van der Waals surface area (Å²) in [5, 5.41) is 9.27. The van der Waals surface area contributed by atoms with E-state index in [4.69, 9.17) is 21.4 Å². The highest BCUT2D eigenvalue weighted by Crippen LogP contribution is 2.47. The first kappa shape index (κ1) is 12.4. The van der Waals surface area contributed by atoms with Crippen molar-refractivity contribution in [1.29, 1.82) is 0 Å². The molecule has 0 saturated heterocycles. The molecule has 1 saturated carbocycles. The topological polar surface area (TPSA) is 76.5 Å². The molecule has 3 rings (SSSR count). The Morgan fingerprint density at radius 3 is 2.74 bits per heavy atom. The van der Waals surface area contributed by atoms with Crippen LogP contribution in [0.2, 0.25) is 5.15 Å². The number of halogens is 1. The number of pyridine rings is 1. The van der Waals surface area contributed by atoms with Crippen molar-refractivity contribution in [2.45, 2.75) is 31.3 Å². The Balaban J connectivity index is 1.93. The largest absolute Gasteiger partial charge is 0.481 e. The highest BCUT2D eigenvalue weighted by Gasteiger charge is 2.49. The lowest BCUT2D eigenvalue weighted by Crippen LogP contribution is -2.34. The van der Waals surface area contributed by atoms with Crippen LogP contribution in [-0.2, 0) is 15.1 Å². The SMILES string of the molecule is O=C1OC2(CCC(C(=O)O)CC2)c2ccc(Cl)nc21. The van der Waals surface area contributed by atoms with Crippen molar-refractivity contribution < 1.29 is 19.4 Å². The van der Waals surface area contributed by atoms with Gasteiger partial charge >= 0.3 is 11.9 Å². The van der Waals surface area contributed by atoms with Gasteiger partial charge in [-0.2, -0.15) is 0 Å². The summed E-state index contributed by atoms with van der Waals surface area (Å²) in [6.45, 7) is 0. The first-order valence-corrected chi connectivity index (χ1v) is 6.53. The number of rotatable bonds is 1. The van der Waals surface area contributed by atoms with Crippen molar-refractivity contribution in [3.8, 4) is 0 Å². The third kappa shape index (κ3) is 1.89. The van der Waals surface area contributed by atoms with E-state index in [1.807, 2.05) is 0 Å². The first-order chi connectivity index (χ1) is 9.02. The molecule has 19 heavy (non-hydrogen) atoms. The van der Waals surface area contributed by atoms with Crippen molar-refractivity contribution in [3.63, 3.8) is 0 Å². The number of carbonyl (C=O) groups excluding carboxylic acids is 1. The molecule has 1 aliphatic heterocycles. The molecule has 0 unspecified atom stereocenters. The van der Waals surface area contributed by atoms with E-state index in [2.05, 4.69) is 4.98 Å². The molecular weight excluding hydrogens is 270 g/mol. The Bertz CT molecular complexity index is 564. The average Bonchev–Trinajstić information content (AvgIpc) is 2.63. The van der Waals surface area contributed by atoms with Gasteiger partial charge in [-0.1, -0.05) is 11.6 Å². The Hall–Kier alpha value is -1.62. The second-order valence-corrected chi connectivity index (χ2v) is 5.41. The number of hydrogen-bond acceptors (Lipinski definition) is 4. The van der Waals surface area contributed by atoms with Crippen LogP contribution in [0.25, 0.3) is 0 Å². The number of nitrogens with zero attached hydrogens (tertiary/aromatic N) is 1. The summed E-state index contributed by atoms with van der Waals surface area (Å²) >= 11 is 5.78. The van der Waals surface area contributed by atoms with Gasteiger partial charge in [0.15, 0.2) is 5.69 Å². The maximum Gasteiger partial charge on any atom is 0.358 e. The Morgan fingerprint density at radius 1 is 1.42 bits per heavy atom. The van der Waals surface area contributed by atoms with Crippen molar-refractivity contribution in [1.82, 2.24) is 4.98 Å². The van der Waals surface area contributed by atoms with Crippen LogP contribution in [0.5, 0.6) is 0 Å². The number of aromatic nitrogens is 1. The van der Waals surface area contributed by atoms with Crippen molar-refractivity contribution in [2.75, 3.05) is 0 Å². The lowest BCUT2D eigenvalue weighted by atomic mass is 9.75. The number of carbonyl (C=O) groups is 2. The van der Waals surface area contributed by atoms with E-state index in [1.54, 1.807) is 12.1 Å². The molecule has 0 radical (unpaired) electrons. The highest BCUT2D eigenvalue weighted by atomic mass is 35.5. The van der Waals surface area contributed by atoms with E-state index in [-0.39, 0.29) is 16.8 Å². The van der Waals surface area contributed by atoms with Gasteiger partial charge in [-0.25, -0.2) is 9.78 Å². The number of carboxylic acid groups (broad SMARTS) is 1. The molecule has 1 aromatic heterocycles. The molecule has 0 amide bonds. The van der Waals surface area contributed by atoms with E-state index in [9.17, 15) is 9.59 Å². The third-order valence-corrected chi connectivity index (χ3v) is 4.19. The fourth-order valence-electron chi connectivity index (χ4n) is 2.94. The average molecular weight is 282 g/mol. The summed E-state index contributed by atoms with van der Waals surface area (Å²) in [4.78, 5) is 26.8. The maximum atomic E-state index is 11.8. The molecule has 100 valence electrons. The van der Waals surface area contributed by atoms with Gasteiger partial charge in [0.25, 0.3) is 0 Å². The fourth-order valence-corrected chi connectivity index (χ4v) is 3.09. The van der Waals surface area contributed by atoms with Gasteiger partial charge < -0.3 is 9.84 Å². The van der Waals surface area contributed by atoms with E-state index in [0.29, 0.717) is 25.7 Å². The van der Waals surface area contributed by atoms with Crippen molar-refractivity contribution in [3.05, 3.63) is 28.5 Å². The summed E-state index contributed by atoms with van der Waals surface area (Å²) < 4.78 is 5.49. The molecule has 0 aromatic carbocycles. The van der Waals surface area contributed by atoms with E-state index in [1.165, 1.54) is 0 Å². The molecule has 1 aliphatic carbocycles. The molecule has 2 aliphatic rings. The van der Waals surface area contributed by atoms with Gasteiger partial charge in [0, 0.05) is 5.56 Å². The predicted octanol–water partition coefficient (Wildman–Crippen LogP) is 2.38. The van der Waals surface area contributed by atoms with Gasteiger partial charge in [0.2, 0.25) is 0 Å². The molecule has 5 nitrogen and oxygen atoms in total. The number of hydrogen-bond donors (Lipinski definition) is 1. The van der Waals surface area contributed by atoms with Gasteiger partial charge in [0.1, 0.15) is 10.8 Å². The number of esters is 1. The lowest BCUT2D eigenvalue weighted by molar-refractivity contribution is -0.144. The zero-order chi connectivity index (χ0) is 13.6.